The molecule has 0 spiro atoms. The van der Waals surface area contributed by atoms with E-state index in [0.717, 1.165) is 43.2 Å². The van der Waals surface area contributed by atoms with E-state index < -0.39 is 5.41 Å². The first kappa shape index (κ1) is 24.2. The molecule has 34 heavy (non-hydrogen) atoms. The normalized spacial score (nSPS) is 19.6. The highest BCUT2D eigenvalue weighted by atomic mass is 35.5. The lowest BCUT2D eigenvalue weighted by atomic mass is 9.75. The molecule has 1 aliphatic carbocycles. The van der Waals surface area contributed by atoms with Crippen molar-refractivity contribution in [3.8, 4) is 0 Å². The molecule has 0 N–H and O–H groups in total. The molecule has 0 radical (unpaired) electrons. The number of carbonyl (C=O) groups excluding carboxylic acids is 3. The molecule has 0 aromatic heterocycles. The van der Waals surface area contributed by atoms with E-state index in [4.69, 9.17) is 16.3 Å². The standard InChI is InChI=1S/C28H30ClNO4/c1-34-27(33)21-6-4-20(5-7-21)16-19-30-24(13-15-26(30)32)12-14-25(31)28(17-2-3-18-28)22-8-10-23(29)11-9-22/h4-12,14,24H,2-3,13,15-19H2,1H3. The second kappa shape index (κ2) is 10.6. The van der Waals surface area contributed by atoms with Crippen molar-refractivity contribution < 1.29 is 19.1 Å². The van der Waals surface area contributed by atoms with Crippen LogP contribution in [0.5, 0.6) is 0 Å². The maximum absolute atomic E-state index is 13.4. The van der Waals surface area contributed by atoms with Gasteiger partial charge in [0.1, 0.15) is 0 Å². The number of nitrogens with zero attached hydrogens (tertiary/aromatic N) is 1. The number of halogens is 1. The average Bonchev–Trinajstić information content (AvgIpc) is 3.49. The van der Waals surface area contributed by atoms with Crippen LogP contribution in [0.1, 0.15) is 60.0 Å². The first-order chi connectivity index (χ1) is 16.4. The highest BCUT2D eigenvalue weighted by molar-refractivity contribution is 6.30. The van der Waals surface area contributed by atoms with Crippen LogP contribution in [0.15, 0.2) is 60.7 Å². The fraction of sp³-hybridized carbons (Fsp3) is 0.393. The maximum atomic E-state index is 13.4. The summed E-state index contributed by atoms with van der Waals surface area (Å²) in [4.78, 5) is 39.4. The van der Waals surface area contributed by atoms with Gasteiger partial charge in [-0.2, -0.15) is 0 Å². The zero-order valence-corrected chi connectivity index (χ0v) is 20.2. The molecule has 1 heterocycles. The summed E-state index contributed by atoms with van der Waals surface area (Å²) in [6, 6.07) is 14.8. The highest BCUT2D eigenvalue weighted by Crippen LogP contribution is 2.42. The maximum Gasteiger partial charge on any atom is 0.337 e. The van der Waals surface area contributed by atoms with Crippen molar-refractivity contribution in [3.05, 3.63) is 82.4 Å². The number of likely N-dealkylation sites (tertiary alicyclic amines) is 1. The van der Waals surface area contributed by atoms with Crippen molar-refractivity contribution in [2.24, 2.45) is 0 Å². The molecule has 4 rings (SSSR count). The van der Waals surface area contributed by atoms with Crippen molar-refractivity contribution in [1.29, 1.82) is 0 Å². The first-order valence-corrected chi connectivity index (χ1v) is 12.3. The van der Waals surface area contributed by atoms with E-state index in [-0.39, 0.29) is 23.7 Å². The number of ketones is 1. The number of carbonyl (C=O) groups is 3. The third-order valence-electron chi connectivity index (χ3n) is 7.19. The number of ether oxygens (including phenoxy) is 1. The molecule has 6 heteroatoms. The Balaban J connectivity index is 1.43. The van der Waals surface area contributed by atoms with Gasteiger partial charge in [-0.25, -0.2) is 4.79 Å². The number of hydrogen-bond acceptors (Lipinski definition) is 4. The number of benzene rings is 2. The molecular weight excluding hydrogens is 450 g/mol. The molecule has 1 aliphatic heterocycles. The summed E-state index contributed by atoms with van der Waals surface area (Å²) in [5.74, 6) is -0.138. The molecule has 178 valence electrons. The van der Waals surface area contributed by atoms with Crippen molar-refractivity contribution in [1.82, 2.24) is 4.90 Å². The first-order valence-electron chi connectivity index (χ1n) is 11.9. The van der Waals surface area contributed by atoms with Gasteiger partial charge in [-0.1, -0.05) is 54.8 Å². The summed E-state index contributed by atoms with van der Waals surface area (Å²) >= 11 is 6.07. The van der Waals surface area contributed by atoms with Crippen LogP contribution in [0, 0.1) is 0 Å². The van der Waals surface area contributed by atoms with Crippen LogP contribution < -0.4 is 0 Å². The molecule has 2 aliphatic rings. The molecule has 1 saturated carbocycles. The fourth-order valence-corrected chi connectivity index (χ4v) is 5.33. The third-order valence-corrected chi connectivity index (χ3v) is 7.44. The van der Waals surface area contributed by atoms with E-state index in [2.05, 4.69) is 0 Å². The van der Waals surface area contributed by atoms with Crippen LogP contribution in [-0.4, -0.2) is 42.3 Å². The SMILES string of the molecule is COC(=O)c1ccc(CCN2C(=O)CCC2C=CC(=O)C2(c3ccc(Cl)cc3)CCCC2)cc1. The second-order valence-corrected chi connectivity index (χ2v) is 9.59. The number of allylic oxidation sites excluding steroid dienone is 1. The molecule has 1 amide bonds. The Morgan fingerprint density at radius 1 is 1.09 bits per heavy atom. The second-order valence-electron chi connectivity index (χ2n) is 9.15. The Morgan fingerprint density at radius 3 is 2.41 bits per heavy atom. The van der Waals surface area contributed by atoms with Gasteiger partial charge in [-0.3, -0.25) is 9.59 Å². The smallest absolute Gasteiger partial charge is 0.337 e. The fourth-order valence-electron chi connectivity index (χ4n) is 5.20. The van der Waals surface area contributed by atoms with Crippen molar-refractivity contribution >= 4 is 29.3 Å². The largest absolute Gasteiger partial charge is 0.465 e. The van der Waals surface area contributed by atoms with Crippen molar-refractivity contribution in [3.63, 3.8) is 0 Å². The van der Waals surface area contributed by atoms with Gasteiger partial charge in [0, 0.05) is 18.0 Å². The molecule has 2 aromatic rings. The van der Waals surface area contributed by atoms with Gasteiger partial charge in [-0.15, -0.1) is 0 Å². The van der Waals surface area contributed by atoms with Crippen molar-refractivity contribution in [2.75, 3.05) is 13.7 Å². The Bertz CT molecular complexity index is 1070. The van der Waals surface area contributed by atoms with E-state index in [1.54, 1.807) is 18.2 Å². The molecule has 2 aromatic carbocycles. The highest BCUT2D eigenvalue weighted by Gasteiger charge is 2.41. The average molecular weight is 480 g/mol. The van der Waals surface area contributed by atoms with Gasteiger partial charge < -0.3 is 9.64 Å². The molecule has 1 unspecified atom stereocenters. The monoisotopic (exact) mass is 479 g/mol. The van der Waals surface area contributed by atoms with Crippen LogP contribution in [0.4, 0.5) is 0 Å². The van der Waals surface area contributed by atoms with Crippen LogP contribution in [0.2, 0.25) is 5.02 Å². The summed E-state index contributed by atoms with van der Waals surface area (Å²) in [6.45, 7) is 0.571. The minimum Gasteiger partial charge on any atom is -0.465 e. The third kappa shape index (κ3) is 5.10. The Kier molecular flexibility index (Phi) is 7.52. The Hall–Kier alpha value is -2.92. The lowest BCUT2D eigenvalue weighted by molar-refractivity contribution is -0.128. The molecule has 0 bridgehead atoms. The van der Waals surface area contributed by atoms with E-state index in [0.29, 0.717) is 30.0 Å². The minimum absolute atomic E-state index is 0.0746. The number of methoxy groups -OCH3 is 1. The number of esters is 1. The van der Waals surface area contributed by atoms with E-state index in [1.165, 1.54) is 7.11 Å². The van der Waals surface area contributed by atoms with Crippen LogP contribution in [-0.2, 0) is 26.2 Å². The number of amides is 1. The molecule has 2 fully saturated rings. The molecule has 1 saturated heterocycles. The predicted octanol–water partition coefficient (Wildman–Crippen LogP) is 5.30. The molecule has 5 nitrogen and oxygen atoms in total. The lowest BCUT2D eigenvalue weighted by Gasteiger charge is -2.27. The van der Waals surface area contributed by atoms with Crippen LogP contribution in [0.3, 0.4) is 0 Å². The minimum atomic E-state index is -0.490. The van der Waals surface area contributed by atoms with Gasteiger partial charge in [0.05, 0.1) is 24.1 Å². The summed E-state index contributed by atoms with van der Waals surface area (Å²) in [7, 11) is 1.36. The Morgan fingerprint density at radius 2 is 1.76 bits per heavy atom. The van der Waals surface area contributed by atoms with Gasteiger partial charge >= 0.3 is 5.97 Å². The number of hydrogen-bond donors (Lipinski definition) is 0. The predicted molar refractivity (Wildman–Crippen MR) is 132 cm³/mol. The van der Waals surface area contributed by atoms with Crippen molar-refractivity contribution in [2.45, 2.75) is 56.4 Å². The van der Waals surface area contributed by atoms with Gasteiger partial charge in [0.2, 0.25) is 5.91 Å². The summed E-state index contributed by atoms with van der Waals surface area (Å²) in [5, 5.41) is 0.667. The summed E-state index contributed by atoms with van der Waals surface area (Å²) in [6.07, 6.45) is 9.27. The van der Waals surface area contributed by atoms with E-state index in [1.807, 2.05) is 47.4 Å². The topological polar surface area (TPSA) is 63.7 Å². The van der Waals surface area contributed by atoms with E-state index >= 15 is 0 Å². The zero-order valence-electron chi connectivity index (χ0n) is 19.5. The van der Waals surface area contributed by atoms with Crippen LogP contribution >= 0.6 is 11.6 Å². The summed E-state index contributed by atoms with van der Waals surface area (Å²) in [5.41, 5.74) is 2.08. The quantitative estimate of drug-likeness (QED) is 0.381. The summed E-state index contributed by atoms with van der Waals surface area (Å²) < 4.78 is 4.74. The van der Waals surface area contributed by atoms with E-state index in [9.17, 15) is 14.4 Å². The molecular formula is C28H30ClNO4. The van der Waals surface area contributed by atoms with Crippen LogP contribution in [0.25, 0.3) is 0 Å². The number of rotatable bonds is 8. The van der Waals surface area contributed by atoms with Gasteiger partial charge in [0.25, 0.3) is 0 Å². The van der Waals surface area contributed by atoms with Gasteiger partial charge in [0.15, 0.2) is 5.78 Å². The molecule has 1 atom stereocenters. The zero-order chi connectivity index (χ0) is 24.1. The Labute approximate surface area is 205 Å². The van der Waals surface area contributed by atoms with Gasteiger partial charge in [-0.05, 0) is 67.2 Å². The lowest BCUT2D eigenvalue weighted by Crippen LogP contribution is -2.35.